The Morgan fingerprint density at radius 2 is 2.24 bits per heavy atom. The lowest BCUT2D eigenvalue weighted by atomic mass is 9.90. The second-order valence-corrected chi connectivity index (χ2v) is 5.71. The zero-order valence-corrected chi connectivity index (χ0v) is 11.6. The largest absolute Gasteiger partial charge is 0.481 e. The predicted molar refractivity (Wildman–Crippen MR) is 68.2 cm³/mol. The highest BCUT2D eigenvalue weighted by Crippen LogP contribution is 2.32. The summed E-state index contributed by atoms with van der Waals surface area (Å²) in [5, 5.41) is 11.5. The van der Waals surface area contributed by atoms with E-state index in [0.717, 1.165) is 0 Å². The molecule has 0 aliphatic heterocycles. The standard InChI is InChI=1S/C11H10BrNO3S/c1-11(2,10(14)15)7-5-17-9(13-7)6-3-4-8(12)16-6/h3-5H,1-2H3,(H,14,15). The summed E-state index contributed by atoms with van der Waals surface area (Å²) in [6.45, 7) is 3.26. The molecule has 0 aliphatic rings. The fourth-order valence-electron chi connectivity index (χ4n) is 1.21. The van der Waals surface area contributed by atoms with Crippen molar-refractivity contribution in [2.75, 3.05) is 0 Å². The van der Waals surface area contributed by atoms with Crippen molar-refractivity contribution >= 4 is 33.2 Å². The first-order chi connectivity index (χ1) is 7.91. The predicted octanol–water partition coefficient (Wildman–Crippen LogP) is 3.53. The zero-order chi connectivity index (χ0) is 12.6. The number of furan rings is 1. The number of rotatable bonds is 3. The first-order valence-corrected chi connectivity index (χ1v) is 6.53. The topological polar surface area (TPSA) is 63.3 Å². The van der Waals surface area contributed by atoms with Gasteiger partial charge in [0, 0.05) is 5.38 Å². The molecule has 0 radical (unpaired) electrons. The Kier molecular flexibility index (Phi) is 3.09. The highest BCUT2D eigenvalue weighted by molar-refractivity contribution is 9.10. The Bertz CT molecular complexity index is 559. The van der Waals surface area contributed by atoms with E-state index in [9.17, 15) is 4.79 Å². The van der Waals surface area contributed by atoms with Crippen molar-refractivity contribution < 1.29 is 14.3 Å². The summed E-state index contributed by atoms with van der Waals surface area (Å²) >= 11 is 4.59. The van der Waals surface area contributed by atoms with Gasteiger partial charge in [-0.25, -0.2) is 4.98 Å². The van der Waals surface area contributed by atoms with Crippen LogP contribution in [0.1, 0.15) is 19.5 Å². The summed E-state index contributed by atoms with van der Waals surface area (Å²) in [6.07, 6.45) is 0. The summed E-state index contributed by atoms with van der Waals surface area (Å²) in [4.78, 5) is 15.4. The number of carboxylic acid groups (broad SMARTS) is 1. The Hall–Kier alpha value is -1.14. The zero-order valence-electron chi connectivity index (χ0n) is 9.23. The van der Waals surface area contributed by atoms with Crippen molar-refractivity contribution in [1.82, 2.24) is 4.98 Å². The van der Waals surface area contributed by atoms with Gasteiger partial charge in [0.1, 0.15) is 5.41 Å². The van der Waals surface area contributed by atoms with Crippen LogP contribution in [0.25, 0.3) is 10.8 Å². The van der Waals surface area contributed by atoms with E-state index < -0.39 is 11.4 Å². The Labute approximate surface area is 110 Å². The third-order valence-electron chi connectivity index (χ3n) is 2.46. The molecule has 0 spiro atoms. The number of hydrogen-bond donors (Lipinski definition) is 1. The van der Waals surface area contributed by atoms with Crippen molar-refractivity contribution in [3.05, 3.63) is 27.9 Å². The van der Waals surface area contributed by atoms with E-state index in [1.165, 1.54) is 11.3 Å². The van der Waals surface area contributed by atoms with Crippen molar-refractivity contribution in [2.24, 2.45) is 0 Å². The van der Waals surface area contributed by atoms with Crippen LogP contribution < -0.4 is 0 Å². The van der Waals surface area contributed by atoms with Crippen molar-refractivity contribution in [3.63, 3.8) is 0 Å². The minimum atomic E-state index is -0.988. The number of nitrogens with zero attached hydrogens (tertiary/aromatic N) is 1. The van der Waals surface area contributed by atoms with Crippen LogP contribution >= 0.6 is 27.3 Å². The van der Waals surface area contributed by atoms with Crippen LogP contribution in [0, 0.1) is 0 Å². The maximum atomic E-state index is 11.1. The Morgan fingerprint density at radius 1 is 1.53 bits per heavy atom. The summed E-state index contributed by atoms with van der Waals surface area (Å²) in [5.74, 6) is -0.260. The fraction of sp³-hybridized carbons (Fsp3) is 0.273. The lowest BCUT2D eigenvalue weighted by Crippen LogP contribution is -2.28. The Balaban J connectivity index is 2.37. The van der Waals surface area contributed by atoms with E-state index in [2.05, 4.69) is 20.9 Å². The molecule has 0 aromatic carbocycles. The van der Waals surface area contributed by atoms with E-state index in [1.807, 2.05) is 0 Å². The van der Waals surface area contributed by atoms with Gasteiger partial charge in [0.25, 0.3) is 0 Å². The summed E-state index contributed by atoms with van der Waals surface area (Å²) in [7, 11) is 0. The Morgan fingerprint density at radius 3 is 2.76 bits per heavy atom. The van der Waals surface area contributed by atoms with Gasteiger partial charge in [0.05, 0.1) is 5.69 Å². The molecule has 0 fully saturated rings. The first-order valence-electron chi connectivity index (χ1n) is 4.86. The average Bonchev–Trinajstić information content (AvgIpc) is 2.85. The molecule has 4 nitrogen and oxygen atoms in total. The SMILES string of the molecule is CC(C)(C(=O)O)c1csc(-c2ccc(Br)o2)n1. The molecule has 0 bridgehead atoms. The number of hydrogen-bond acceptors (Lipinski definition) is 4. The minimum absolute atomic E-state index is 0.539. The lowest BCUT2D eigenvalue weighted by Gasteiger charge is -2.15. The van der Waals surface area contributed by atoms with Crippen molar-refractivity contribution in [1.29, 1.82) is 0 Å². The molecule has 0 atom stereocenters. The summed E-state index contributed by atoms with van der Waals surface area (Å²) < 4.78 is 6.00. The van der Waals surface area contributed by atoms with Crippen LogP contribution in [0.2, 0.25) is 0 Å². The maximum absolute atomic E-state index is 11.1. The molecule has 1 N–H and O–H groups in total. The minimum Gasteiger partial charge on any atom is -0.481 e. The quantitative estimate of drug-likeness (QED) is 0.941. The molecule has 17 heavy (non-hydrogen) atoms. The number of halogens is 1. The molecule has 6 heteroatoms. The molecule has 0 unspecified atom stereocenters. The van der Waals surface area contributed by atoms with Gasteiger partial charge in [-0.1, -0.05) is 0 Å². The average molecular weight is 316 g/mol. The molecule has 90 valence electrons. The first kappa shape index (κ1) is 12.3. The van der Waals surface area contributed by atoms with E-state index in [4.69, 9.17) is 9.52 Å². The molecule has 2 aromatic heterocycles. The van der Waals surface area contributed by atoms with Gasteiger partial charge in [-0.05, 0) is 41.9 Å². The van der Waals surface area contributed by atoms with Crippen molar-refractivity contribution in [3.8, 4) is 10.8 Å². The van der Waals surface area contributed by atoms with Gasteiger partial charge in [0.2, 0.25) is 0 Å². The van der Waals surface area contributed by atoms with Gasteiger partial charge >= 0.3 is 5.97 Å². The van der Waals surface area contributed by atoms with Crippen LogP contribution in [0.5, 0.6) is 0 Å². The number of carbonyl (C=O) groups is 1. The van der Waals surface area contributed by atoms with E-state index in [-0.39, 0.29) is 0 Å². The number of thiazole rings is 1. The van der Waals surface area contributed by atoms with Crippen LogP contribution in [0.15, 0.2) is 26.6 Å². The lowest BCUT2D eigenvalue weighted by molar-refractivity contribution is -0.142. The molecule has 2 aromatic rings. The molecular weight excluding hydrogens is 306 g/mol. The third kappa shape index (κ3) is 2.28. The smallest absolute Gasteiger partial charge is 0.315 e. The number of aromatic nitrogens is 1. The van der Waals surface area contributed by atoms with Crippen LogP contribution in [0.3, 0.4) is 0 Å². The molecule has 0 saturated heterocycles. The highest BCUT2D eigenvalue weighted by atomic mass is 79.9. The van der Waals surface area contributed by atoms with Crippen LogP contribution in [0.4, 0.5) is 0 Å². The molecule has 0 saturated carbocycles. The van der Waals surface area contributed by atoms with Crippen LogP contribution in [-0.2, 0) is 10.2 Å². The van der Waals surface area contributed by atoms with Crippen LogP contribution in [-0.4, -0.2) is 16.1 Å². The monoisotopic (exact) mass is 315 g/mol. The molecule has 2 heterocycles. The molecule has 0 amide bonds. The molecule has 0 aliphatic carbocycles. The maximum Gasteiger partial charge on any atom is 0.315 e. The number of aliphatic carboxylic acids is 1. The van der Waals surface area contributed by atoms with Gasteiger partial charge in [0.15, 0.2) is 15.4 Å². The van der Waals surface area contributed by atoms with Gasteiger partial charge in [-0.15, -0.1) is 11.3 Å². The third-order valence-corrected chi connectivity index (χ3v) is 3.75. The molecule has 2 rings (SSSR count). The second-order valence-electron chi connectivity index (χ2n) is 4.07. The summed E-state index contributed by atoms with van der Waals surface area (Å²) in [6, 6.07) is 3.57. The van der Waals surface area contributed by atoms with Gasteiger partial charge in [-0.3, -0.25) is 4.79 Å². The number of carboxylic acids is 1. The summed E-state index contributed by atoms with van der Waals surface area (Å²) in [5.41, 5.74) is -0.448. The van der Waals surface area contributed by atoms with Gasteiger partial charge in [-0.2, -0.15) is 0 Å². The van der Waals surface area contributed by atoms with Crippen molar-refractivity contribution in [2.45, 2.75) is 19.3 Å². The highest BCUT2D eigenvalue weighted by Gasteiger charge is 2.32. The van der Waals surface area contributed by atoms with Gasteiger partial charge < -0.3 is 9.52 Å². The van der Waals surface area contributed by atoms with E-state index in [1.54, 1.807) is 31.4 Å². The fourth-order valence-corrected chi connectivity index (χ4v) is 2.47. The van der Waals surface area contributed by atoms with E-state index in [0.29, 0.717) is 21.1 Å². The van der Waals surface area contributed by atoms with E-state index >= 15 is 0 Å². The second kappa shape index (κ2) is 4.27. The normalized spacial score (nSPS) is 11.7. The molecular formula is C11H10BrNO3S.